The number of rotatable bonds is 4. The van der Waals surface area contributed by atoms with Crippen LogP contribution in [-0.4, -0.2) is 19.6 Å². The average Bonchev–Trinajstić information content (AvgIpc) is 2.22. The number of benzene rings is 1. The Morgan fingerprint density at radius 1 is 1.14 bits per heavy atom. The third-order valence-corrected chi connectivity index (χ3v) is 2.59. The summed E-state index contributed by atoms with van der Waals surface area (Å²) < 4.78 is 10.8. The topological polar surface area (TPSA) is 18.5 Å². The van der Waals surface area contributed by atoms with Crippen molar-refractivity contribution in [3.63, 3.8) is 0 Å². The number of hydrogen-bond acceptors (Lipinski definition) is 2. The Labute approximate surface area is 89.8 Å². The van der Waals surface area contributed by atoms with Crippen LogP contribution < -0.4 is 0 Å². The maximum atomic E-state index is 6.09. The van der Waals surface area contributed by atoms with Gasteiger partial charge in [-0.3, -0.25) is 0 Å². The highest BCUT2D eigenvalue weighted by atomic mass is 35.5. The molecule has 0 aliphatic carbocycles. The molecular formula is C11H15ClO2. The third kappa shape index (κ3) is 1.92. The molecule has 0 aliphatic rings. The van der Waals surface area contributed by atoms with Crippen LogP contribution in [0.4, 0.5) is 0 Å². The fourth-order valence-corrected chi connectivity index (χ4v) is 1.85. The molecule has 0 radical (unpaired) electrons. The second-order valence-electron chi connectivity index (χ2n) is 3.06. The van der Waals surface area contributed by atoms with Gasteiger partial charge < -0.3 is 9.47 Å². The maximum Gasteiger partial charge on any atom is 0.210 e. The number of hydrogen-bond donors (Lipinski definition) is 0. The minimum atomic E-state index is -0.858. The van der Waals surface area contributed by atoms with Crippen LogP contribution in [0.5, 0.6) is 0 Å². The molecule has 0 saturated carbocycles. The fraction of sp³-hybridized carbons (Fsp3) is 0.455. The monoisotopic (exact) mass is 214 g/mol. The highest BCUT2D eigenvalue weighted by Crippen LogP contribution is 2.32. The SMILES string of the molecule is COC(OC)(c1ccccc1)C(C)Cl. The number of ether oxygens (including phenoxy) is 2. The lowest BCUT2D eigenvalue weighted by atomic mass is 10.0. The highest BCUT2D eigenvalue weighted by molar-refractivity contribution is 6.21. The van der Waals surface area contributed by atoms with E-state index in [1.807, 2.05) is 37.3 Å². The average molecular weight is 215 g/mol. The molecule has 1 rings (SSSR count). The summed E-state index contributed by atoms with van der Waals surface area (Å²) >= 11 is 6.09. The molecule has 1 aromatic carbocycles. The van der Waals surface area contributed by atoms with Crippen LogP contribution in [0, 0.1) is 0 Å². The predicted molar refractivity (Wildman–Crippen MR) is 57.5 cm³/mol. The molecule has 0 N–H and O–H groups in total. The Balaban J connectivity index is 3.11. The maximum absolute atomic E-state index is 6.09. The van der Waals surface area contributed by atoms with Crippen LogP contribution in [0.1, 0.15) is 12.5 Å². The molecule has 0 heterocycles. The van der Waals surface area contributed by atoms with E-state index in [4.69, 9.17) is 21.1 Å². The summed E-state index contributed by atoms with van der Waals surface area (Å²) in [7, 11) is 3.19. The molecule has 3 heteroatoms. The quantitative estimate of drug-likeness (QED) is 0.567. The number of methoxy groups -OCH3 is 2. The summed E-state index contributed by atoms with van der Waals surface area (Å²) in [5.41, 5.74) is 0.924. The Bertz CT molecular complexity index is 268. The lowest BCUT2D eigenvalue weighted by Gasteiger charge is -2.33. The van der Waals surface area contributed by atoms with Gasteiger partial charge in [0.2, 0.25) is 5.79 Å². The third-order valence-electron chi connectivity index (χ3n) is 2.31. The van der Waals surface area contributed by atoms with Crippen molar-refractivity contribution in [1.82, 2.24) is 0 Å². The van der Waals surface area contributed by atoms with Gasteiger partial charge in [0.15, 0.2) is 0 Å². The lowest BCUT2D eigenvalue weighted by molar-refractivity contribution is -0.214. The first-order valence-electron chi connectivity index (χ1n) is 4.47. The molecule has 14 heavy (non-hydrogen) atoms. The zero-order valence-corrected chi connectivity index (χ0v) is 9.41. The normalized spacial score (nSPS) is 14.0. The lowest BCUT2D eigenvalue weighted by Crippen LogP contribution is -2.38. The van der Waals surface area contributed by atoms with Crippen molar-refractivity contribution < 1.29 is 9.47 Å². The summed E-state index contributed by atoms with van der Waals surface area (Å²) in [6, 6.07) is 9.68. The Morgan fingerprint density at radius 3 is 2.00 bits per heavy atom. The molecule has 1 atom stereocenters. The molecule has 0 aliphatic heterocycles. The second-order valence-corrected chi connectivity index (χ2v) is 3.71. The van der Waals surface area contributed by atoms with Crippen LogP contribution in [0.15, 0.2) is 30.3 Å². The first kappa shape index (κ1) is 11.5. The van der Waals surface area contributed by atoms with E-state index in [9.17, 15) is 0 Å². The minimum Gasteiger partial charge on any atom is -0.348 e. The van der Waals surface area contributed by atoms with Crippen LogP contribution in [0.2, 0.25) is 0 Å². The molecule has 1 unspecified atom stereocenters. The molecule has 0 fully saturated rings. The van der Waals surface area contributed by atoms with Gasteiger partial charge in [0.25, 0.3) is 0 Å². The molecule has 78 valence electrons. The second kappa shape index (κ2) is 4.78. The van der Waals surface area contributed by atoms with Gasteiger partial charge in [0.05, 0.1) is 5.38 Å². The van der Waals surface area contributed by atoms with Gasteiger partial charge in [-0.1, -0.05) is 30.3 Å². The van der Waals surface area contributed by atoms with E-state index in [0.29, 0.717) is 0 Å². The van der Waals surface area contributed by atoms with Gasteiger partial charge in [-0.15, -0.1) is 11.6 Å². The van der Waals surface area contributed by atoms with E-state index in [1.165, 1.54) is 0 Å². The molecular weight excluding hydrogens is 200 g/mol. The Morgan fingerprint density at radius 2 is 1.64 bits per heavy atom. The van der Waals surface area contributed by atoms with Crippen LogP contribution in [0.25, 0.3) is 0 Å². The van der Waals surface area contributed by atoms with Crippen molar-refractivity contribution >= 4 is 11.6 Å². The van der Waals surface area contributed by atoms with Gasteiger partial charge in [-0.2, -0.15) is 0 Å². The number of halogens is 1. The molecule has 0 spiro atoms. The molecule has 0 aromatic heterocycles. The summed E-state index contributed by atoms with van der Waals surface area (Å²) in [4.78, 5) is 0. The summed E-state index contributed by atoms with van der Waals surface area (Å²) in [6.07, 6.45) is 0. The van der Waals surface area contributed by atoms with Crippen molar-refractivity contribution in [3.8, 4) is 0 Å². The summed E-state index contributed by atoms with van der Waals surface area (Å²) in [5.74, 6) is -0.858. The number of alkyl halides is 1. The molecule has 1 aromatic rings. The largest absolute Gasteiger partial charge is 0.348 e. The van der Waals surface area contributed by atoms with Gasteiger partial charge in [-0.25, -0.2) is 0 Å². The first-order valence-corrected chi connectivity index (χ1v) is 4.91. The minimum absolute atomic E-state index is 0.264. The molecule has 0 amide bonds. The van der Waals surface area contributed by atoms with Crippen LogP contribution >= 0.6 is 11.6 Å². The molecule has 0 saturated heterocycles. The smallest absolute Gasteiger partial charge is 0.210 e. The van der Waals surface area contributed by atoms with E-state index in [0.717, 1.165) is 5.56 Å². The standard InChI is InChI=1S/C11H15ClO2/c1-9(12)11(13-2,14-3)10-7-5-4-6-8-10/h4-9H,1-3H3. The van der Waals surface area contributed by atoms with Crippen molar-refractivity contribution in [2.45, 2.75) is 18.1 Å². The van der Waals surface area contributed by atoms with E-state index in [2.05, 4.69) is 0 Å². The van der Waals surface area contributed by atoms with E-state index in [1.54, 1.807) is 14.2 Å². The van der Waals surface area contributed by atoms with E-state index >= 15 is 0 Å². The van der Waals surface area contributed by atoms with Crippen molar-refractivity contribution in [3.05, 3.63) is 35.9 Å². The van der Waals surface area contributed by atoms with Crippen molar-refractivity contribution in [2.75, 3.05) is 14.2 Å². The van der Waals surface area contributed by atoms with Gasteiger partial charge >= 0.3 is 0 Å². The van der Waals surface area contributed by atoms with Crippen molar-refractivity contribution in [1.29, 1.82) is 0 Å². The zero-order chi connectivity index (χ0) is 10.6. The predicted octanol–water partition coefficient (Wildman–Crippen LogP) is 2.76. The van der Waals surface area contributed by atoms with E-state index in [-0.39, 0.29) is 5.38 Å². The van der Waals surface area contributed by atoms with Gasteiger partial charge in [0, 0.05) is 19.8 Å². The van der Waals surface area contributed by atoms with Gasteiger partial charge in [0.1, 0.15) is 0 Å². The first-order chi connectivity index (χ1) is 6.67. The Kier molecular flexibility index (Phi) is 3.93. The summed E-state index contributed by atoms with van der Waals surface area (Å²) in [6.45, 7) is 1.85. The fourth-order valence-electron chi connectivity index (χ4n) is 1.54. The molecule has 2 nitrogen and oxygen atoms in total. The highest BCUT2D eigenvalue weighted by Gasteiger charge is 2.37. The van der Waals surface area contributed by atoms with Crippen LogP contribution in [-0.2, 0) is 15.3 Å². The zero-order valence-electron chi connectivity index (χ0n) is 8.66. The Hall–Kier alpha value is -0.570. The van der Waals surface area contributed by atoms with E-state index < -0.39 is 5.79 Å². The van der Waals surface area contributed by atoms with Gasteiger partial charge in [-0.05, 0) is 6.92 Å². The van der Waals surface area contributed by atoms with Crippen molar-refractivity contribution in [2.24, 2.45) is 0 Å². The summed E-state index contributed by atoms with van der Waals surface area (Å²) in [5, 5.41) is -0.264. The molecule has 0 bridgehead atoms. The van der Waals surface area contributed by atoms with Crippen LogP contribution in [0.3, 0.4) is 0 Å².